The molecule has 0 aliphatic carbocycles. The van der Waals surface area contributed by atoms with Gasteiger partial charge in [0.2, 0.25) is 0 Å². The predicted molar refractivity (Wildman–Crippen MR) is 89.9 cm³/mol. The van der Waals surface area contributed by atoms with E-state index in [4.69, 9.17) is 0 Å². The van der Waals surface area contributed by atoms with Crippen molar-refractivity contribution in [3.63, 3.8) is 0 Å². The van der Waals surface area contributed by atoms with Crippen LogP contribution in [0.1, 0.15) is 6.42 Å². The van der Waals surface area contributed by atoms with Crippen molar-refractivity contribution in [3.05, 3.63) is 42.2 Å². The maximum absolute atomic E-state index is 12.9. The molecule has 0 spiro atoms. The topological polar surface area (TPSA) is 44.4 Å². The Hall–Kier alpha value is -1.92. The van der Waals surface area contributed by atoms with E-state index >= 15 is 0 Å². The second-order valence-corrected chi connectivity index (χ2v) is 6.29. The van der Waals surface area contributed by atoms with Gasteiger partial charge in [0, 0.05) is 11.4 Å². The molecule has 0 bridgehead atoms. The third-order valence-corrected chi connectivity index (χ3v) is 4.09. The average molecular weight is 321 g/mol. The molecule has 4 nitrogen and oxygen atoms in total. The Balaban J connectivity index is 1.84. The molecular weight excluding hydrogens is 301 g/mol. The molecule has 0 unspecified atom stereocenters. The van der Waals surface area contributed by atoms with Gasteiger partial charge in [-0.2, -0.15) is 0 Å². The summed E-state index contributed by atoms with van der Waals surface area (Å²) >= 11 is 1.46. The number of thiophene rings is 1. The molecule has 0 aliphatic rings. The molecule has 2 rings (SSSR count). The Morgan fingerprint density at radius 1 is 1.18 bits per heavy atom. The van der Waals surface area contributed by atoms with Crippen molar-refractivity contribution in [1.82, 2.24) is 10.2 Å². The van der Waals surface area contributed by atoms with Crippen LogP contribution in [0.2, 0.25) is 0 Å². The van der Waals surface area contributed by atoms with Crippen LogP contribution in [0, 0.1) is 5.82 Å². The number of hydrogen-bond acceptors (Lipinski definition) is 3. The molecular formula is C16H20FN3OS. The summed E-state index contributed by atoms with van der Waals surface area (Å²) in [6.45, 7) is 1.58. The molecule has 22 heavy (non-hydrogen) atoms. The van der Waals surface area contributed by atoms with E-state index in [-0.39, 0.29) is 11.8 Å². The zero-order valence-electron chi connectivity index (χ0n) is 12.7. The van der Waals surface area contributed by atoms with E-state index in [1.54, 1.807) is 12.1 Å². The van der Waals surface area contributed by atoms with Gasteiger partial charge in [-0.05, 0) is 56.9 Å². The van der Waals surface area contributed by atoms with E-state index in [0.29, 0.717) is 6.54 Å². The van der Waals surface area contributed by atoms with Gasteiger partial charge in [0.15, 0.2) is 0 Å². The van der Waals surface area contributed by atoms with Gasteiger partial charge in [-0.1, -0.05) is 12.1 Å². The highest BCUT2D eigenvalue weighted by atomic mass is 32.1. The van der Waals surface area contributed by atoms with E-state index in [2.05, 4.69) is 15.5 Å². The van der Waals surface area contributed by atoms with Crippen molar-refractivity contribution in [3.8, 4) is 10.4 Å². The van der Waals surface area contributed by atoms with E-state index < -0.39 is 0 Å². The number of nitrogens with zero attached hydrogens (tertiary/aromatic N) is 1. The van der Waals surface area contributed by atoms with Crippen molar-refractivity contribution in [2.45, 2.75) is 6.42 Å². The van der Waals surface area contributed by atoms with Crippen LogP contribution >= 0.6 is 11.3 Å². The highest BCUT2D eigenvalue weighted by Crippen LogP contribution is 2.31. The summed E-state index contributed by atoms with van der Waals surface area (Å²) in [7, 11) is 4.01. The van der Waals surface area contributed by atoms with Crippen molar-refractivity contribution < 1.29 is 9.18 Å². The summed E-state index contributed by atoms with van der Waals surface area (Å²) < 4.78 is 12.9. The minimum atomic E-state index is -0.254. The van der Waals surface area contributed by atoms with Gasteiger partial charge in [0.05, 0.1) is 5.00 Å². The summed E-state index contributed by atoms with van der Waals surface area (Å²) in [4.78, 5) is 14.8. The molecule has 0 aliphatic heterocycles. The molecule has 0 saturated heterocycles. The first kappa shape index (κ1) is 16.5. The van der Waals surface area contributed by atoms with Crippen molar-refractivity contribution in [1.29, 1.82) is 0 Å². The first-order valence-corrected chi connectivity index (χ1v) is 7.91. The van der Waals surface area contributed by atoms with Crippen LogP contribution in [-0.4, -0.2) is 38.1 Å². The minimum Gasteiger partial charge on any atom is -0.338 e. The smallest absolute Gasteiger partial charge is 0.319 e. The maximum atomic E-state index is 12.9. The van der Waals surface area contributed by atoms with Gasteiger partial charge < -0.3 is 10.2 Å². The lowest BCUT2D eigenvalue weighted by Gasteiger charge is -2.10. The highest BCUT2D eigenvalue weighted by molar-refractivity contribution is 7.19. The van der Waals surface area contributed by atoms with Crippen LogP contribution in [0.25, 0.3) is 10.4 Å². The summed E-state index contributed by atoms with van der Waals surface area (Å²) in [5, 5.41) is 6.40. The van der Waals surface area contributed by atoms with E-state index in [0.717, 1.165) is 28.4 Å². The largest absolute Gasteiger partial charge is 0.338 e. The Kier molecular flexibility index (Phi) is 5.91. The number of halogens is 1. The van der Waals surface area contributed by atoms with Crippen LogP contribution in [0.15, 0.2) is 36.4 Å². The fourth-order valence-corrected chi connectivity index (χ4v) is 2.83. The molecule has 1 aromatic carbocycles. The molecule has 1 heterocycles. The Morgan fingerprint density at radius 2 is 1.91 bits per heavy atom. The fraction of sp³-hybridized carbons (Fsp3) is 0.312. The average Bonchev–Trinajstić information content (AvgIpc) is 2.92. The highest BCUT2D eigenvalue weighted by Gasteiger charge is 2.06. The predicted octanol–water partition coefficient (Wildman–Crippen LogP) is 3.63. The standard InChI is InChI=1S/C16H20FN3OS/c1-20(2)11-3-10-18-16(21)19-15-9-8-14(22-15)12-4-6-13(17)7-5-12/h4-9H,3,10-11H2,1-2H3,(H2,18,19,21). The lowest BCUT2D eigenvalue weighted by Crippen LogP contribution is -2.30. The number of benzene rings is 1. The van der Waals surface area contributed by atoms with E-state index in [9.17, 15) is 9.18 Å². The zero-order chi connectivity index (χ0) is 15.9. The molecule has 0 radical (unpaired) electrons. The Labute approximate surface area is 134 Å². The molecule has 0 fully saturated rings. The van der Waals surface area contributed by atoms with Gasteiger partial charge in [0.1, 0.15) is 5.82 Å². The molecule has 2 N–H and O–H groups in total. The van der Waals surface area contributed by atoms with E-state index in [1.807, 2.05) is 26.2 Å². The van der Waals surface area contributed by atoms with Gasteiger partial charge in [-0.25, -0.2) is 9.18 Å². The lowest BCUT2D eigenvalue weighted by molar-refractivity contribution is 0.251. The summed E-state index contributed by atoms with van der Waals surface area (Å²) in [5.41, 5.74) is 0.936. The Bertz CT molecular complexity index is 610. The molecule has 6 heteroatoms. The lowest BCUT2D eigenvalue weighted by atomic mass is 10.2. The molecule has 1 aromatic heterocycles. The van der Waals surface area contributed by atoms with Gasteiger partial charge in [0.25, 0.3) is 0 Å². The minimum absolute atomic E-state index is 0.203. The van der Waals surface area contributed by atoms with Gasteiger partial charge in [-0.15, -0.1) is 11.3 Å². The zero-order valence-corrected chi connectivity index (χ0v) is 13.5. The van der Waals surface area contributed by atoms with Crippen LogP contribution in [0.3, 0.4) is 0 Å². The van der Waals surface area contributed by atoms with Crippen molar-refractivity contribution in [2.24, 2.45) is 0 Å². The molecule has 2 aromatic rings. The summed E-state index contributed by atoms with van der Waals surface area (Å²) in [6, 6.07) is 9.88. The molecule has 118 valence electrons. The molecule has 0 saturated carbocycles. The number of anilines is 1. The van der Waals surface area contributed by atoms with Crippen LogP contribution < -0.4 is 10.6 Å². The van der Waals surface area contributed by atoms with Crippen molar-refractivity contribution in [2.75, 3.05) is 32.5 Å². The number of carbonyl (C=O) groups excluding carboxylic acids is 1. The number of nitrogens with one attached hydrogen (secondary N) is 2. The number of amides is 2. The third kappa shape index (κ3) is 5.13. The summed E-state index contributed by atoms with van der Waals surface area (Å²) in [5.74, 6) is -0.254. The van der Waals surface area contributed by atoms with Crippen LogP contribution in [-0.2, 0) is 0 Å². The second kappa shape index (κ2) is 7.91. The van der Waals surface area contributed by atoms with Crippen molar-refractivity contribution >= 4 is 22.4 Å². The van der Waals surface area contributed by atoms with Gasteiger partial charge >= 0.3 is 6.03 Å². The second-order valence-electron chi connectivity index (χ2n) is 5.21. The number of hydrogen-bond donors (Lipinski definition) is 2. The molecule has 0 atom stereocenters. The fourth-order valence-electron chi connectivity index (χ4n) is 1.93. The number of urea groups is 1. The number of rotatable bonds is 6. The quantitative estimate of drug-likeness (QED) is 0.798. The third-order valence-electron chi connectivity index (χ3n) is 3.04. The van der Waals surface area contributed by atoms with Crippen LogP contribution in [0.5, 0.6) is 0 Å². The Morgan fingerprint density at radius 3 is 2.59 bits per heavy atom. The maximum Gasteiger partial charge on any atom is 0.319 e. The van der Waals surface area contributed by atoms with Crippen LogP contribution in [0.4, 0.5) is 14.2 Å². The van der Waals surface area contributed by atoms with Gasteiger partial charge in [-0.3, -0.25) is 5.32 Å². The first-order chi connectivity index (χ1) is 10.5. The van der Waals surface area contributed by atoms with E-state index in [1.165, 1.54) is 23.5 Å². The molecule has 2 amide bonds. The monoisotopic (exact) mass is 321 g/mol. The summed E-state index contributed by atoms with van der Waals surface area (Å²) in [6.07, 6.45) is 0.908. The normalized spacial score (nSPS) is 10.7. The number of carbonyl (C=O) groups is 1. The first-order valence-electron chi connectivity index (χ1n) is 7.10. The SMILES string of the molecule is CN(C)CCCNC(=O)Nc1ccc(-c2ccc(F)cc2)s1.